The predicted octanol–water partition coefficient (Wildman–Crippen LogP) is 4.19. The van der Waals surface area contributed by atoms with Crippen LogP contribution >= 0.6 is 0 Å². The Morgan fingerprint density at radius 1 is 1.12 bits per heavy atom. The molecule has 2 aromatic rings. The summed E-state index contributed by atoms with van der Waals surface area (Å²) in [6.45, 7) is 3.08. The number of benzene rings is 1. The average molecular weight is 331 g/mol. The Balaban J connectivity index is 1.98. The Morgan fingerprint density at radius 3 is 2.62 bits per heavy atom. The summed E-state index contributed by atoms with van der Waals surface area (Å²) in [5.41, 5.74) is 1.27. The summed E-state index contributed by atoms with van der Waals surface area (Å²) in [4.78, 5) is 22.5. The van der Waals surface area contributed by atoms with Gasteiger partial charge in [-0.2, -0.15) is 0 Å². The quantitative estimate of drug-likeness (QED) is 0.504. The normalized spacial score (nSPS) is 10.9. The number of carboxylic acids is 1. The Morgan fingerprint density at radius 2 is 1.88 bits per heavy atom. The predicted molar refractivity (Wildman–Crippen MR) is 95.7 cm³/mol. The van der Waals surface area contributed by atoms with Crippen LogP contribution in [-0.4, -0.2) is 17.6 Å². The van der Waals surface area contributed by atoms with E-state index >= 15 is 0 Å². The lowest BCUT2D eigenvalue weighted by Gasteiger charge is -2.08. The molecule has 1 aromatic heterocycles. The molecule has 2 N–H and O–H groups in total. The highest BCUT2D eigenvalue weighted by Crippen LogP contribution is 2.22. The van der Waals surface area contributed by atoms with Crippen LogP contribution < -0.4 is 10.9 Å². The molecular formula is C19H25NO4. The molecule has 0 atom stereocenters. The number of hydrogen-bond donors (Lipinski definition) is 2. The molecule has 0 aliphatic heterocycles. The number of hydrogen-bond acceptors (Lipinski definition) is 4. The van der Waals surface area contributed by atoms with Crippen molar-refractivity contribution in [2.75, 3.05) is 11.9 Å². The zero-order chi connectivity index (χ0) is 17.4. The molecule has 0 bridgehead atoms. The van der Waals surface area contributed by atoms with E-state index in [1.54, 1.807) is 12.1 Å². The van der Waals surface area contributed by atoms with Crippen LogP contribution in [-0.2, 0) is 11.2 Å². The Bertz CT molecular complexity index is 736. The van der Waals surface area contributed by atoms with E-state index in [4.69, 9.17) is 9.52 Å². The lowest BCUT2D eigenvalue weighted by molar-refractivity contribution is -0.136. The molecular weight excluding hydrogens is 306 g/mol. The van der Waals surface area contributed by atoms with Gasteiger partial charge in [0.1, 0.15) is 5.58 Å². The van der Waals surface area contributed by atoms with Crippen LogP contribution in [0.1, 0.15) is 51.0 Å². The van der Waals surface area contributed by atoms with Gasteiger partial charge in [-0.3, -0.25) is 4.79 Å². The van der Waals surface area contributed by atoms with Gasteiger partial charge in [-0.05, 0) is 24.1 Å². The highest BCUT2D eigenvalue weighted by molar-refractivity contribution is 5.86. The van der Waals surface area contributed by atoms with E-state index in [9.17, 15) is 9.59 Å². The molecule has 1 heterocycles. The third kappa shape index (κ3) is 5.41. The molecule has 0 fully saturated rings. The van der Waals surface area contributed by atoms with Gasteiger partial charge >= 0.3 is 11.6 Å². The largest absolute Gasteiger partial charge is 0.481 e. The van der Waals surface area contributed by atoms with Crippen LogP contribution in [0.5, 0.6) is 0 Å². The molecule has 0 saturated carbocycles. The first-order chi connectivity index (χ1) is 11.6. The molecule has 0 radical (unpaired) electrons. The molecule has 0 amide bonds. The maximum atomic E-state index is 11.6. The van der Waals surface area contributed by atoms with Gasteiger partial charge < -0.3 is 14.8 Å². The first kappa shape index (κ1) is 18.0. The number of carboxylic acid groups (broad SMARTS) is 1. The minimum atomic E-state index is -0.966. The van der Waals surface area contributed by atoms with Gasteiger partial charge in [0.25, 0.3) is 0 Å². The molecule has 0 aliphatic carbocycles. The van der Waals surface area contributed by atoms with Crippen molar-refractivity contribution in [1.29, 1.82) is 0 Å². The summed E-state index contributed by atoms with van der Waals surface area (Å²) in [5, 5.41) is 12.9. The number of unbranched alkanes of at least 4 members (excludes halogenated alkanes) is 5. The van der Waals surface area contributed by atoms with E-state index in [1.807, 2.05) is 6.07 Å². The summed E-state index contributed by atoms with van der Waals surface area (Å²) in [7, 11) is 0. The lowest BCUT2D eigenvalue weighted by Crippen LogP contribution is -2.07. The summed E-state index contributed by atoms with van der Waals surface area (Å²) in [6, 6.07) is 6.71. The van der Waals surface area contributed by atoms with E-state index in [2.05, 4.69) is 12.2 Å². The second-order valence-corrected chi connectivity index (χ2v) is 6.07. The molecule has 0 spiro atoms. The van der Waals surface area contributed by atoms with Gasteiger partial charge in [0.15, 0.2) is 0 Å². The van der Waals surface area contributed by atoms with Crippen LogP contribution in [0, 0.1) is 0 Å². The number of rotatable bonds is 10. The van der Waals surface area contributed by atoms with Crippen molar-refractivity contribution in [3.8, 4) is 0 Å². The standard InChI is InChI=1S/C19H25NO4/c1-2-3-4-5-6-7-10-20-15-8-9-16-14(11-18(21)22)12-19(23)24-17(16)13-15/h8-9,12-13,20H,2-7,10-11H2,1H3,(H,21,22). The van der Waals surface area contributed by atoms with Gasteiger partial charge in [-0.15, -0.1) is 0 Å². The Kier molecular flexibility index (Phi) is 6.85. The topological polar surface area (TPSA) is 79.5 Å². The highest BCUT2D eigenvalue weighted by Gasteiger charge is 2.09. The third-order valence-electron chi connectivity index (χ3n) is 4.03. The highest BCUT2D eigenvalue weighted by atomic mass is 16.4. The summed E-state index contributed by atoms with van der Waals surface area (Å²) in [5.74, 6) is -0.966. The van der Waals surface area contributed by atoms with E-state index in [1.165, 1.54) is 38.2 Å². The van der Waals surface area contributed by atoms with E-state index in [0.717, 1.165) is 18.7 Å². The van der Waals surface area contributed by atoms with Gasteiger partial charge in [0.05, 0.1) is 6.42 Å². The molecule has 5 nitrogen and oxygen atoms in total. The smallest absolute Gasteiger partial charge is 0.336 e. The number of anilines is 1. The molecule has 130 valence electrons. The Hall–Kier alpha value is -2.30. The van der Waals surface area contributed by atoms with Crippen LogP contribution in [0.2, 0.25) is 0 Å². The molecule has 24 heavy (non-hydrogen) atoms. The van der Waals surface area contributed by atoms with Crippen molar-refractivity contribution in [2.24, 2.45) is 0 Å². The fraction of sp³-hybridized carbons (Fsp3) is 0.474. The van der Waals surface area contributed by atoms with Gasteiger partial charge in [0.2, 0.25) is 0 Å². The Labute approximate surface area is 141 Å². The SMILES string of the molecule is CCCCCCCCNc1ccc2c(CC(=O)O)cc(=O)oc2c1. The summed E-state index contributed by atoms with van der Waals surface area (Å²) >= 11 is 0. The molecule has 0 aliphatic rings. The van der Waals surface area contributed by atoms with Gasteiger partial charge in [-0.25, -0.2) is 4.79 Å². The fourth-order valence-electron chi connectivity index (χ4n) is 2.79. The zero-order valence-electron chi connectivity index (χ0n) is 14.1. The number of fused-ring (bicyclic) bond motifs is 1. The lowest BCUT2D eigenvalue weighted by atomic mass is 10.1. The summed E-state index contributed by atoms with van der Waals surface area (Å²) in [6.07, 6.45) is 7.24. The first-order valence-electron chi connectivity index (χ1n) is 8.62. The fourth-order valence-corrected chi connectivity index (χ4v) is 2.79. The maximum absolute atomic E-state index is 11.6. The van der Waals surface area contributed by atoms with E-state index < -0.39 is 11.6 Å². The molecule has 0 saturated heterocycles. The van der Waals surface area contributed by atoms with Crippen molar-refractivity contribution < 1.29 is 14.3 Å². The van der Waals surface area contributed by atoms with Crippen LogP contribution in [0.3, 0.4) is 0 Å². The minimum absolute atomic E-state index is 0.188. The molecule has 0 unspecified atom stereocenters. The molecule has 5 heteroatoms. The van der Waals surface area contributed by atoms with Crippen molar-refractivity contribution in [3.63, 3.8) is 0 Å². The van der Waals surface area contributed by atoms with Crippen molar-refractivity contribution >= 4 is 22.6 Å². The monoisotopic (exact) mass is 331 g/mol. The van der Waals surface area contributed by atoms with E-state index in [0.29, 0.717) is 16.5 Å². The average Bonchev–Trinajstić information content (AvgIpc) is 2.53. The maximum Gasteiger partial charge on any atom is 0.336 e. The van der Waals surface area contributed by atoms with Crippen LogP contribution in [0.25, 0.3) is 11.0 Å². The second-order valence-electron chi connectivity index (χ2n) is 6.07. The van der Waals surface area contributed by atoms with Crippen molar-refractivity contribution in [2.45, 2.75) is 51.9 Å². The number of nitrogens with one attached hydrogen (secondary N) is 1. The summed E-state index contributed by atoms with van der Waals surface area (Å²) < 4.78 is 5.21. The third-order valence-corrected chi connectivity index (χ3v) is 4.03. The molecule has 1 aromatic carbocycles. The minimum Gasteiger partial charge on any atom is -0.481 e. The number of aliphatic carboxylic acids is 1. The van der Waals surface area contributed by atoms with Crippen LogP contribution in [0.15, 0.2) is 33.5 Å². The van der Waals surface area contributed by atoms with E-state index in [-0.39, 0.29) is 6.42 Å². The van der Waals surface area contributed by atoms with Crippen molar-refractivity contribution in [1.82, 2.24) is 0 Å². The van der Waals surface area contributed by atoms with Gasteiger partial charge in [0, 0.05) is 29.8 Å². The number of carbonyl (C=O) groups is 1. The zero-order valence-corrected chi connectivity index (χ0v) is 14.1. The second kappa shape index (κ2) is 9.11. The van der Waals surface area contributed by atoms with Crippen molar-refractivity contribution in [3.05, 3.63) is 40.2 Å². The van der Waals surface area contributed by atoms with Gasteiger partial charge in [-0.1, -0.05) is 39.0 Å². The first-order valence-corrected chi connectivity index (χ1v) is 8.62. The molecule has 2 rings (SSSR count). The van der Waals surface area contributed by atoms with Crippen LogP contribution in [0.4, 0.5) is 5.69 Å².